The molecule has 0 bridgehead atoms. The number of Topliss-reactive ketones (excluding diaryl/α,β-unsaturated/α-hetero) is 1. The molecule has 0 heterocycles. The molecule has 0 saturated heterocycles. The van der Waals surface area contributed by atoms with Crippen LogP contribution in [0.4, 0.5) is 11.4 Å². The van der Waals surface area contributed by atoms with Crippen molar-refractivity contribution in [3.05, 3.63) is 34.3 Å². The second-order valence-corrected chi connectivity index (χ2v) is 7.77. The average molecular weight is 526 g/mol. The third-order valence-corrected chi connectivity index (χ3v) is 5.09. The SMILES string of the molecule is CCOc1cc(N=NC(C(C)=O)C(=O)Nc2cc(OCC)c(Cl)cc2OCC)c(Cl)c(OCC)c1. The number of halogens is 2. The monoisotopic (exact) mass is 525 g/mol. The molecular formula is C24H29Cl2N3O6. The van der Waals surface area contributed by atoms with Crippen LogP contribution < -0.4 is 24.3 Å². The van der Waals surface area contributed by atoms with E-state index >= 15 is 0 Å². The summed E-state index contributed by atoms with van der Waals surface area (Å²) in [6.45, 7) is 9.97. The van der Waals surface area contributed by atoms with E-state index in [1.165, 1.54) is 19.1 Å². The molecule has 1 N–H and O–H groups in total. The molecule has 0 spiro atoms. The van der Waals surface area contributed by atoms with E-state index in [0.29, 0.717) is 54.4 Å². The summed E-state index contributed by atoms with van der Waals surface area (Å²) in [4.78, 5) is 25.3. The Bertz CT molecular complexity index is 1080. The van der Waals surface area contributed by atoms with Crippen LogP contribution in [0.2, 0.25) is 10.0 Å². The highest BCUT2D eigenvalue weighted by Crippen LogP contribution is 2.39. The normalized spacial score (nSPS) is 11.7. The lowest BCUT2D eigenvalue weighted by Crippen LogP contribution is -2.32. The number of ether oxygens (including phenoxy) is 4. The van der Waals surface area contributed by atoms with E-state index in [9.17, 15) is 9.59 Å². The second kappa shape index (κ2) is 13.7. The number of nitrogens with one attached hydrogen (secondary N) is 1. The fraction of sp³-hybridized carbons (Fsp3) is 0.417. The van der Waals surface area contributed by atoms with E-state index in [-0.39, 0.29) is 16.4 Å². The van der Waals surface area contributed by atoms with Crippen LogP contribution in [-0.4, -0.2) is 44.2 Å². The van der Waals surface area contributed by atoms with Crippen molar-refractivity contribution in [2.45, 2.75) is 40.7 Å². The van der Waals surface area contributed by atoms with Gasteiger partial charge in [0.05, 0.1) is 37.1 Å². The summed E-state index contributed by atoms with van der Waals surface area (Å²) < 4.78 is 22.1. The van der Waals surface area contributed by atoms with E-state index in [1.54, 1.807) is 26.0 Å². The molecule has 190 valence electrons. The van der Waals surface area contributed by atoms with Crippen molar-refractivity contribution in [2.75, 3.05) is 31.7 Å². The van der Waals surface area contributed by atoms with Crippen molar-refractivity contribution in [1.82, 2.24) is 0 Å². The Balaban J connectivity index is 2.38. The first kappa shape index (κ1) is 28.2. The van der Waals surface area contributed by atoms with Crippen LogP contribution in [0.25, 0.3) is 0 Å². The zero-order chi connectivity index (χ0) is 26.0. The van der Waals surface area contributed by atoms with Gasteiger partial charge in [-0.1, -0.05) is 23.2 Å². The maximum Gasteiger partial charge on any atom is 0.258 e. The fourth-order valence-electron chi connectivity index (χ4n) is 2.96. The number of carbonyl (C=O) groups excluding carboxylic acids is 2. The van der Waals surface area contributed by atoms with Gasteiger partial charge in [-0.15, -0.1) is 0 Å². The lowest BCUT2D eigenvalue weighted by molar-refractivity contribution is -0.126. The minimum absolute atomic E-state index is 0.180. The van der Waals surface area contributed by atoms with Crippen molar-refractivity contribution in [1.29, 1.82) is 0 Å². The highest BCUT2D eigenvalue weighted by atomic mass is 35.5. The number of rotatable bonds is 13. The average Bonchev–Trinajstić information content (AvgIpc) is 2.80. The minimum atomic E-state index is -1.45. The minimum Gasteiger partial charge on any atom is -0.494 e. The van der Waals surface area contributed by atoms with Crippen molar-refractivity contribution in [3.63, 3.8) is 0 Å². The van der Waals surface area contributed by atoms with Crippen LogP contribution in [0.1, 0.15) is 34.6 Å². The number of anilines is 1. The molecule has 2 aromatic carbocycles. The van der Waals surface area contributed by atoms with E-state index in [4.69, 9.17) is 42.1 Å². The number of ketones is 1. The highest BCUT2D eigenvalue weighted by Gasteiger charge is 2.25. The lowest BCUT2D eigenvalue weighted by atomic mass is 10.2. The Kier molecular flexibility index (Phi) is 11.1. The second-order valence-electron chi connectivity index (χ2n) is 6.98. The van der Waals surface area contributed by atoms with E-state index in [0.717, 1.165) is 0 Å². The van der Waals surface area contributed by atoms with Crippen LogP contribution in [-0.2, 0) is 9.59 Å². The van der Waals surface area contributed by atoms with Gasteiger partial charge in [-0.25, -0.2) is 0 Å². The number of carbonyl (C=O) groups is 2. The third-order valence-electron chi connectivity index (χ3n) is 4.41. The molecule has 0 aliphatic rings. The molecule has 0 aromatic heterocycles. The summed E-state index contributed by atoms with van der Waals surface area (Å²) in [7, 11) is 0. The van der Waals surface area contributed by atoms with Crippen molar-refractivity contribution >= 4 is 46.3 Å². The number of azo groups is 1. The van der Waals surface area contributed by atoms with Gasteiger partial charge in [0.2, 0.25) is 6.04 Å². The summed E-state index contributed by atoms with van der Waals surface area (Å²) in [5.41, 5.74) is 0.474. The highest BCUT2D eigenvalue weighted by molar-refractivity contribution is 6.34. The molecule has 1 amide bonds. The molecular weight excluding hydrogens is 497 g/mol. The smallest absolute Gasteiger partial charge is 0.258 e. The maximum atomic E-state index is 13.0. The molecule has 0 saturated carbocycles. The van der Waals surface area contributed by atoms with Crippen molar-refractivity contribution < 1.29 is 28.5 Å². The van der Waals surface area contributed by atoms with Crippen LogP contribution >= 0.6 is 23.2 Å². The topological polar surface area (TPSA) is 108 Å². The van der Waals surface area contributed by atoms with Crippen molar-refractivity contribution in [3.8, 4) is 23.0 Å². The number of hydrogen-bond donors (Lipinski definition) is 1. The summed E-state index contributed by atoms with van der Waals surface area (Å²) in [6, 6.07) is 4.80. The van der Waals surface area contributed by atoms with Gasteiger partial charge in [-0.3, -0.25) is 9.59 Å². The van der Waals surface area contributed by atoms with E-state index < -0.39 is 17.7 Å². The largest absolute Gasteiger partial charge is 0.494 e. The third kappa shape index (κ3) is 7.73. The molecule has 35 heavy (non-hydrogen) atoms. The summed E-state index contributed by atoms with van der Waals surface area (Å²) in [6.07, 6.45) is 0. The molecule has 0 aliphatic heterocycles. The standard InChI is InChI=1S/C24H29Cl2N3O6/c1-6-32-15-10-18(22(26)21(11-15)35-9-4)28-29-23(14(5)30)24(31)27-17-13-19(33-7-2)16(25)12-20(17)34-8-3/h10-13,23H,6-9H2,1-5H3,(H,27,31). The first-order chi connectivity index (χ1) is 16.7. The quantitative estimate of drug-likeness (QED) is 0.244. The predicted molar refractivity (Wildman–Crippen MR) is 135 cm³/mol. The Morgan fingerprint density at radius 3 is 2.06 bits per heavy atom. The Morgan fingerprint density at radius 1 is 0.857 bits per heavy atom. The van der Waals surface area contributed by atoms with Gasteiger partial charge in [0.1, 0.15) is 33.7 Å². The van der Waals surface area contributed by atoms with Gasteiger partial charge >= 0.3 is 0 Å². The lowest BCUT2D eigenvalue weighted by Gasteiger charge is -2.16. The van der Waals surface area contributed by atoms with Gasteiger partial charge in [0.25, 0.3) is 5.91 Å². The van der Waals surface area contributed by atoms with Crippen LogP contribution in [0.5, 0.6) is 23.0 Å². The van der Waals surface area contributed by atoms with Crippen LogP contribution in [0.3, 0.4) is 0 Å². The molecule has 11 heteroatoms. The van der Waals surface area contributed by atoms with Crippen LogP contribution in [0.15, 0.2) is 34.5 Å². The Hall–Kier alpha value is -3.04. The van der Waals surface area contributed by atoms with Crippen molar-refractivity contribution in [2.24, 2.45) is 10.2 Å². The summed E-state index contributed by atoms with van der Waals surface area (Å²) >= 11 is 12.6. The number of nitrogens with zero attached hydrogens (tertiary/aromatic N) is 2. The summed E-state index contributed by atoms with van der Waals surface area (Å²) in [5, 5.41) is 11.2. The number of benzene rings is 2. The molecule has 2 aromatic rings. The van der Waals surface area contributed by atoms with Gasteiger partial charge in [-0.05, 0) is 34.6 Å². The zero-order valence-corrected chi connectivity index (χ0v) is 21.8. The fourth-order valence-corrected chi connectivity index (χ4v) is 3.36. The molecule has 1 unspecified atom stereocenters. The molecule has 0 radical (unpaired) electrons. The Morgan fingerprint density at radius 2 is 1.46 bits per heavy atom. The molecule has 0 aliphatic carbocycles. The molecule has 0 fully saturated rings. The number of hydrogen-bond acceptors (Lipinski definition) is 8. The number of amides is 1. The van der Waals surface area contributed by atoms with Gasteiger partial charge in [0.15, 0.2) is 5.78 Å². The molecule has 1 atom stereocenters. The zero-order valence-electron chi connectivity index (χ0n) is 20.3. The first-order valence-electron chi connectivity index (χ1n) is 11.2. The Labute approximate surface area is 214 Å². The molecule has 9 nitrogen and oxygen atoms in total. The molecule has 2 rings (SSSR count). The van der Waals surface area contributed by atoms with E-state index in [2.05, 4.69) is 15.5 Å². The van der Waals surface area contributed by atoms with Gasteiger partial charge in [0, 0.05) is 24.3 Å². The van der Waals surface area contributed by atoms with E-state index in [1.807, 2.05) is 13.8 Å². The van der Waals surface area contributed by atoms with Gasteiger partial charge in [-0.2, -0.15) is 10.2 Å². The first-order valence-corrected chi connectivity index (χ1v) is 11.9. The summed E-state index contributed by atoms with van der Waals surface area (Å²) in [5.74, 6) is 0.256. The van der Waals surface area contributed by atoms with Gasteiger partial charge < -0.3 is 24.3 Å². The van der Waals surface area contributed by atoms with Crippen LogP contribution in [0, 0.1) is 0 Å². The predicted octanol–water partition coefficient (Wildman–Crippen LogP) is 6.27. The maximum absolute atomic E-state index is 13.0.